The second-order valence-corrected chi connectivity index (χ2v) is 8.79. The van der Waals surface area contributed by atoms with Gasteiger partial charge in [-0.3, -0.25) is 0 Å². The molecular weight excluding hydrogens is 394 g/mol. The Labute approximate surface area is 171 Å². The number of anilines is 2. The average Bonchev–Trinajstić information content (AvgIpc) is 2.96. The van der Waals surface area contributed by atoms with Crippen molar-refractivity contribution >= 4 is 46.2 Å². The molecule has 144 valence electrons. The number of nitrogens with zero attached hydrogens (tertiary/aromatic N) is 5. The van der Waals surface area contributed by atoms with Crippen molar-refractivity contribution in [3.8, 4) is 0 Å². The summed E-state index contributed by atoms with van der Waals surface area (Å²) in [5.41, 5.74) is 13.4. The fourth-order valence-electron chi connectivity index (χ4n) is 4.28. The fraction of sp³-hybridized carbons (Fsp3) is 0.368. The van der Waals surface area contributed by atoms with E-state index >= 15 is 0 Å². The zero-order chi connectivity index (χ0) is 19.3. The molecule has 4 N–H and O–H groups in total. The van der Waals surface area contributed by atoms with Gasteiger partial charge >= 0.3 is 0 Å². The van der Waals surface area contributed by atoms with Crippen molar-refractivity contribution in [2.24, 2.45) is 5.73 Å². The number of hydrogen-bond acceptors (Lipinski definition) is 8. The second kappa shape index (κ2) is 7.02. The van der Waals surface area contributed by atoms with Crippen LogP contribution in [0.5, 0.6) is 0 Å². The fourth-order valence-corrected chi connectivity index (χ4v) is 5.33. The van der Waals surface area contributed by atoms with E-state index in [0.29, 0.717) is 34.6 Å². The van der Waals surface area contributed by atoms with Gasteiger partial charge in [0.1, 0.15) is 22.2 Å². The smallest absolute Gasteiger partial charge is 0.179 e. The molecule has 2 saturated heterocycles. The van der Waals surface area contributed by atoms with Crippen molar-refractivity contribution in [1.82, 2.24) is 19.9 Å². The predicted molar refractivity (Wildman–Crippen MR) is 112 cm³/mol. The number of halogens is 1. The monoisotopic (exact) mass is 413 g/mol. The molecule has 9 heteroatoms. The zero-order valence-electron chi connectivity index (χ0n) is 15.1. The van der Waals surface area contributed by atoms with E-state index in [1.807, 2.05) is 24.4 Å². The predicted octanol–water partition coefficient (Wildman–Crippen LogP) is 3.27. The summed E-state index contributed by atoms with van der Waals surface area (Å²) in [5, 5.41) is 1.22. The summed E-state index contributed by atoms with van der Waals surface area (Å²) in [6.45, 7) is 0. The second-order valence-electron chi connectivity index (χ2n) is 7.35. The molecule has 0 aromatic carbocycles. The summed E-state index contributed by atoms with van der Waals surface area (Å²) < 4.78 is 0. The molecule has 7 nitrogen and oxygen atoms in total. The summed E-state index contributed by atoms with van der Waals surface area (Å²) in [7, 11) is 0. The van der Waals surface area contributed by atoms with E-state index in [1.54, 1.807) is 6.20 Å². The molecule has 0 saturated carbocycles. The van der Waals surface area contributed by atoms with Crippen LogP contribution in [0.15, 0.2) is 40.5 Å². The highest BCUT2D eigenvalue weighted by molar-refractivity contribution is 7.99. The Bertz CT molecular complexity index is 1030. The van der Waals surface area contributed by atoms with Crippen LogP contribution in [0.2, 0.25) is 5.02 Å². The minimum atomic E-state index is 0.303. The van der Waals surface area contributed by atoms with Gasteiger partial charge in [0, 0.05) is 29.2 Å². The van der Waals surface area contributed by atoms with Gasteiger partial charge in [0.05, 0.1) is 11.2 Å². The van der Waals surface area contributed by atoms with Gasteiger partial charge in [-0.1, -0.05) is 23.4 Å². The van der Waals surface area contributed by atoms with E-state index in [-0.39, 0.29) is 0 Å². The summed E-state index contributed by atoms with van der Waals surface area (Å²) in [6.07, 6.45) is 7.89. The number of nitrogens with two attached hydrogens (primary N) is 2. The third-order valence-corrected chi connectivity index (χ3v) is 7.00. The van der Waals surface area contributed by atoms with Crippen molar-refractivity contribution in [3.63, 3.8) is 0 Å². The van der Waals surface area contributed by atoms with Gasteiger partial charge in [0.15, 0.2) is 5.65 Å². The molecule has 5 rings (SSSR count). The molecule has 2 aliphatic rings. The molecule has 0 unspecified atom stereocenters. The molecule has 5 heterocycles. The van der Waals surface area contributed by atoms with Crippen LogP contribution in [0.1, 0.15) is 25.7 Å². The molecule has 0 amide bonds. The molecule has 2 aliphatic heterocycles. The minimum Gasteiger partial charge on any atom is -0.382 e. The number of rotatable bonds is 3. The molecular formula is C19H20ClN7S. The highest BCUT2D eigenvalue weighted by atomic mass is 35.5. The van der Waals surface area contributed by atoms with E-state index in [4.69, 9.17) is 28.1 Å². The summed E-state index contributed by atoms with van der Waals surface area (Å²) in [6, 6.07) is 6.96. The van der Waals surface area contributed by atoms with Crippen molar-refractivity contribution in [3.05, 3.63) is 35.6 Å². The van der Waals surface area contributed by atoms with Crippen LogP contribution in [0, 0.1) is 0 Å². The molecule has 2 bridgehead atoms. The Morgan fingerprint density at radius 3 is 2.64 bits per heavy atom. The van der Waals surface area contributed by atoms with Crippen LogP contribution in [0.4, 0.5) is 11.6 Å². The highest BCUT2D eigenvalue weighted by Crippen LogP contribution is 2.38. The van der Waals surface area contributed by atoms with Crippen molar-refractivity contribution < 1.29 is 0 Å². The van der Waals surface area contributed by atoms with Crippen LogP contribution >= 0.6 is 23.4 Å². The normalized spacial score (nSPS) is 24.1. The molecule has 3 aromatic rings. The third kappa shape index (κ3) is 3.15. The lowest BCUT2D eigenvalue weighted by molar-refractivity contribution is 0.412. The standard InChI is InChI=1S/C19H20ClN7S/c20-17-14(5-6-23-18(17)22)28-16-4-3-13-19(26-16)24-9-15(25-13)27-11-1-2-12(27)8-10(21)7-11/h3-6,9-12H,1-2,7-8,21H2,(H2,22,23)/t11-,12-/m0/s1. The van der Waals surface area contributed by atoms with Gasteiger partial charge in [-0.2, -0.15) is 0 Å². The number of pyridine rings is 2. The van der Waals surface area contributed by atoms with Crippen LogP contribution < -0.4 is 16.4 Å². The van der Waals surface area contributed by atoms with Crippen LogP contribution in [0.3, 0.4) is 0 Å². The number of fused-ring (bicyclic) bond motifs is 3. The number of aromatic nitrogens is 4. The minimum absolute atomic E-state index is 0.303. The van der Waals surface area contributed by atoms with E-state index in [1.165, 1.54) is 24.6 Å². The maximum Gasteiger partial charge on any atom is 0.179 e. The van der Waals surface area contributed by atoms with Crippen LogP contribution in [-0.4, -0.2) is 38.1 Å². The Morgan fingerprint density at radius 1 is 1.07 bits per heavy atom. The van der Waals surface area contributed by atoms with Crippen molar-refractivity contribution in [2.75, 3.05) is 10.6 Å². The number of hydrogen-bond donors (Lipinski definition) is 2. The molecule has 2 fully saturated rings. The first-order valence-electron chi connectivity index (χ1n) is 9.34. The first kappa shape index (κ1) is 17.9. The van der Waals surface area contributed by atoms with Crippen molar-refractivity contribution in [1.29, 1.82) is 0 Å². The first-order chi connectivity index (χ1) is 13.6. The van der Waals surface area contributed by atoms with Gasteiger partial charge in [-0.05, 0) is 43.9 Å². The topological polar surface area (TPSA) is 107 Å². The van der Waals surface area contributed by atoms with Gasteiger partial charge in [0.2, 0.25) is 0 Å². The Morgan fingerprint density at radius 2 is 1.86 bits per heavy atom. The molecule has 3 aromatic heterocycles. The van der Waals surface area contributed by atoms with Gasteiger partial charge < -0.3 is 16.4 Å². The van der Waals surface area contributed by atoms with E-state index < -0.39 is 0 Å². The van der Waals surface area contributed by atoms with E-state index in [2.05, 4.69) is 19.9 Å². The van der Waals surface area contributed by atoms with Gasteiger partial charge in [-0.25, -0.2) is 19.9 Å². The lowest BCUT2D eigenvalue weighted by Crippen LogP contribution is -2.47. The molecule has 2 atom stereocenters. The Hall–Kier alpha value is -2.16. The quantitative estimate of drug-likeness (QED) is 0.673. The molecule has 0 aliphatic carbocycles. The first-order valence-corrected chi connectivity index (χ1v) is 10.5. The van der Waals surface area contributed by atoms with Gasteiger partial charge in [-0.15, -0.1) is 0 Å². The lowest BCUT2D eigenvalue weighted by atomic mass is 9.98. The lowest BCUT2D eigenvalue weighted by Gasteiger charge is -2.38. The summed E-state index contributed by atoms with van der Waals surface area (Å²) >= 11 is 7.66. The van der Waals surface area contributed by atoms with Crippen molar-refractivity contribution in [2.45, 2.75) is 53.7 Å². The summed E-state index contributed by atoms with van der Waals surface area (Å²) in [5.74, 6) is 1.24. The Balaban J connectivity index is 1.43. The maximum atomic E-state index is 6.23. The average molecular weight is 414 g/mol. The summed E-state index contributed by atoms with van der Waals surface area (Å²) in [4.78, 5) is 21.3. The highest BCUT2D eigenvalue weighted by Gasteiger charge is 2.40. The number of piperidine rings is 1. The molecule has 0 radical (unpaired) electrons. The Kier molecular flexibility index (Phi) is 4.49. The van der Waals surface area contributed by atoms with Crippen LogP contribution in [-0.2, 0) is 0 Å². The molecule has 28 heavy (non-hydrogen) atoms. The van der Waals surface area contributed by atoms with E-state index in [0.717, 1.165) is 34.1 Å². The molecule has 0 spiro atoms. The number of nitrogen functional groups attached to an aromatic ring is 1. The third-order valence-electron chi connectivity index (χ3n) is 5.50. The maximum absolute atomic E-state index is 6.23. The van der Waals surface area contributed by atoms with Gasteiger partial charge in [0.25, 0.3) is 0 Å². The van der Waals surface area contributed by atoms with E-state index in [9.17, 15) is 0 Å². The van der Waals surface area contributed by atoms with Crippen LogP contribution in [0.25, 0.3) is 11.2 Å². The largest absolute Gasteiger partial charge is 0.382 e. The zero-order valence-corrected chi connectivity index (χ0v) is 16.7. The SMILES string of the molecule is Nc1nccc(Sc2ccc3nc(N4[C@H]5CC[C@H]4CC(N)C5)cnc3n2)c1Cl.